The molecule has 0 unspecified atom stereocenters. The summed E-state index contributed by atoms with van der Waals surface area (Å²) in [6.45, 7) is 0.185. The lowest BCUT2D eigenvalue weighted by molar-refractivity contribution is -0.113. The average Bonchev–Trinajstić information content (AvgIpc) is 3.19. The fourth-order valence-electron chi connectivity index (χ4n) is 2.89. The highest BCUT2D eigenvalue weighted by Gasteiger charge is 2.15. The molecule has 0 atom stereocenters. The van der Waals surface area contributed by atoms with E-state index < -0.39 is 0 Å². The van der Waals surface area contributed by atoms with Gasteiger partial charge in [0, 0.05) is 23.2 Å². The van der Waals surface area contributed by atoms with Crippen molar-refractivity contribution in [3.05, 3.63) is 53.9 Å². The van der Waals surface area contributed by atoms with E-state index in [0.717, 1.165) is 10.6 Å². The molecule has 0 aliphatic rings. The predicted molar refractivity (Wildman–Crippen MR) is 129 cm³/mol. The molecule has 2 N–H and O–H groups in total. The number of amides is 2. The molecule has 0 bridgehead atoms. The molecule has 33 heavy (non-hydrogen) atoms. The summed E-state index contributed by atoms with van der Waals surface area (Å²) in [6, 6.07) is 12.6. The first-order chi connectivity index (χ1) is 15.9. The highest BCUT2D eigenvalue weighted by Crippen LogP contribution is 2.27. The van der Waals surface area contributed by atoms with E-state index in [0.29, 0.717) is 28.0 Å². The summed E-state index contributed by atoms with van der Waals surface area (Å²) < 4.78 is 12.2. The number of benzene rings is 2. The second-order valence-electron chi connectivity index (χ2n) is 6.78. The minimum Gasteiger partial charge on any atom is -0.493 e. The average molecular weight is 488 g/mol. The standard InChI is InChI=1S/C22H25N5O4S2/c1-27-19(12-23-21(29)14-8-9-17(30-2)18(10-14)31-3)25-26-22(27)33-13-20(28)24-15-6-5-7-16(11-15)32-4/h5-11H,12-13H2,1-4H3,(H,23,29)(H,24,28). The maximum absolute atomic E-state index is 12.5. The maximum atomic E-state index is 12.5. The normalized spacial score (nSPS) is 10.5. The van der Waals surface area contributed by atoms with Crippen LogP contribution >= 0.6 is 23.5 Å². The van der Waals surface area contributed by atoms with Gasteiger partial charge in [0.25, 0.3) is 5.91 Å². The minimum absolute atomic E-state index is 0.135. The Morgan fingerprint density at radius 2 is 1.85 bits per heavy atom. The van der Waals surface area contributed by atoms with Crippen LogP contribution in [0.25, 0.3) is 0 Å². The lowest BCUT2D eigenvalue weighted by Gasteiger charge is -2.10. The number of thioether (sulfide) groups is 2. The van der Waals surface area contributed by atoms with Gasteiger partial charge in [0.2, 0.25) is 5.91 Å². The number of hydrogen-bond donors (Lipinski definition) is 2. The van der Waals surface area contributed by atoms with Crippen LogP contribution in [0.1, 0.15) is 16.2 Å². The van der Waals surface area contributed by atoms with Crippen molar-refractivity contribution in [3.63, 3.8) is 0 Å². The fraction of sp³-hybridized carbons (Fsp3) is 0.273. The number of nitrogens with zero attached hydrogens (tertiary/aromatic N) is 3. The molecule has 0 radical (unpaired) electrons. The van der Waals surface area contributed by atoms with E-state index in [-0.39, 0.29) is 24.1 Å². The Morgan fingerprint density at radius 3 is 2.58 bits per heavy atom. The third kappa shape index (κ3) is 6.42. The van der Waals surface area contributed by atoms with Crippen molar-refractivity contribution in [1.29, 1.82) is 0 Å². The number of carbonyl (C=O) groups is 2. The summed E-state index contributed by atoms with van der Waals surface area (Å²) in [5, 5.41) is 14.5. The Labute approximate surface area is 200 Å². The molecule has 0 fully saturated rings. The number of ether oxygens (including phenoxy) is 2. The zero-order chi connectivity index (χ0) is 23.8. The summed E-state index contributed by atoms with van der Waals surface area (Å²) in [7, 11) is 4.84. The van der Waals surface area contributed by atoms with Crippen molar-refractivity contribution in [1.82, 2.24) is 20.1 Å². The fourth-order valence-corrected chi connectivity index (χ4v) is 4.08. The zero-order valence-electron chi connectivity index (χ0n) is 18.7. The van der Waals surface area contributed by atoms with Gasteiger partial charge < -0.3 is 24.7 Å². The van der Waals surface area contributed by atoms with E-state index in [9.17, 15) is 9.59 Å². The van der Waals surface area contributed by atoms with Gasteiger partial charge in [-0.2, -0.15) is 0 Å². The van der Waals surface area contributed by atoms with Crippen LogP contribution in [0.2, 0.25) is 0 Å². The highest BCUT2D eigenvalue weighted by molar-refractivity contribution is 7.99. The summed E-state index contributed by atoms with van der Waals surface area (Å²) in [5.74, 6) is 1.36. The quantitative estimate of drug-likeness (QED) is 0.420. The smallest absolute Gasteiger partial charge is 0.251 e. The minimum atomic E-state index is -0.278. The first kappa shape index (κ1) is 24.5. The second kappa shape index (κ2) is 11.6. The SMILES string of the molecule is COc1ccc(C(=O)NCc2nnc(SCC(=O)Nc3cccc(SC)c3)n2C)cc1OC. The van der Waals surface area contributed by atoms with Gasteiger partial charge in [-0.25, -0.2) is 0 Å². The molecule has 2 aromatic carbocycles. The monoisotopic (exact) mass is 487 g/mol. The van der Waals surface area contributed by atoms with Crippen molar-refractivity contribution in [2.75, 3.05) is 31.5 Å². The molecular formula is C22H25N5O4S2. The first-order valence-corrected chi connectivity index (χ1v) is 12.1. The van der Waals surface area contributed by atoms with Gasteiger partial charge in [-0.1, -0.05) is 17.8 Å². The Hall–Kier alpha value is -3.18. The van der Waals surface area contributed by atoms with Gasteiger partial charge in [0.1, 0.15) is 0 Å². The van der Waals surface area contributed by atoms with Gasteiger partial charge in [-0.05, 0) is 42.7 Å². The molecule has 0 aliphatic heterocycles. The number of methoxy groups -OCH3 is 2. The molecule has 0 saturated carbocycles. The van der Waals surface area contributed by atoms with Crippen LogP contribution in [-0.2, 0) is 18.4 Å². The number of anilines is 1. The molecule has 0 spiro atoms. The van der Waals surface area contributed by atoms with Gasteiger partial charge in [0.15, 0.2) is 22.5 Å². The van der Waals surface area contributed by atoms with Crippen LogP contribution in [-0.4, -0.2) is 52.8 Å². The van der Waals surface area contributed by atoms with Gasteiger partial charge >= 0.3 is 0 Å². The van der Waals surface area contributed by atoms with Crippen LogP contribution in [0, 0.1) is 0 Å². The van der Waals surface area contributed by atoms with Gasteiger partial charge in [0.05, 0.1) is 26.5 Å². The first-order valence-electron chi connectivity index (χ1n) is 9.90. The van der Waals surface area contributed by atoms with Crippen LogP contribution < -0.4 is 20.1 Å². The maximum Gasteiger partial charge on any atom is 0.251 e. The van der Waals surface area contributed by atoms with Gasteiger partial charge in [-0.3, -0.25) is 9.59 Å². The molecule has 3 aromatic rings. The number of nitrogens with one attached hydrogen (secondary N) is 2. The molecule has 3 rings (SSSR count). The number of aromatic nitrogens is 3. The van der Waals surface area contributed by atoms with Crippen molar-refractivity contribution in [2.45, 2.75) is 16.6 Å². The van der Waals surface area contributed by atoms with Crippen LogP contribution in [0.15, 0.2) is 52.5 Å². The van der Waals surface area contributed by atoms with Crippen molar-refractivity contribution < 1.29 is 19.1 Å². The summed E-state index contributed by atoms with van der Waals surface area (Å²) in [4.78, 5) is 25.9. The van der Waals surface area contributed by atoms with Crippen LogP contribution in [0.5, 0.6) is 11.5 Å². The molecule has 1 heterocycles. The molecule has 174 valence electrons. The lowest BCUT2D eigenvalue weighted by Crippen LogP contribution is -2.24. The van der Waals surface area contributed by atoms with E-state index in [4.69, 9.17) is 9.47 Å². The van der Waals surface area contributed by atoms with E-state index >= 15 is 0 Å². The third-order valence-corrected chi connectivity index (χ3v) is 6.41. The number of carbonyl (C=O) groups excluding carboxylic acids is 2. The topological polar surface area (TPSA) is 107 Å². The summed E-state index contributed by atoms with van der Waals surface area (Å²) in [6.07, 6.45) is 1.98. The van der Waals surface area contributed by atoms with Crippen LogP contribution in [0.4, 0.5) is 5.69 Å². The molecule has 0 saturated heterocycles. The molecule has 0 aliphatic carbocycles. The molecule has 11 heteroatoms. The number of rotatable bonds is 10. The molecule has 1 aromatic heterocycles. The molecule has 2 amide bonds. The van der Waals surface area contributed by atoms with Crippen molar-refractivity contribution in [3.8, 4) is 11.5 Å². The van der Waals surface area contributed by atoms with Crippen molar-refractivity contribution >= 4 is 41.0 Å². The molecule has 9 nitrogen and oxygen atoms in total. The largest absolute Gasteiger partial charge is 0.493 e. The van der Waals surface area contributed by atoms with E-state index in [2.05, 4.69) is 20.8 Å². The Balaban J connectivity index is 1.54. The Kier molecular flexibility index (Phi) is 8.61. The highest BCUT2D eigenvalue weighted by atomic mass is 32.2. The van der Waals surface area contributed by atoms with Crippen LogP contribution in [0.3, 0.4) is 0 Å². The Morgan fingerprint density at radius 1 is 1.06 bits per heavy atom. The zero-order valence-corrected chi connectivity index (χ0v) is 20.4. The van der Waals surface area contributed by atoms with E-state index in [1.165, 1.54) is 26.0 Å². The van der Waals surface area contributed by atoms with E-state index in [1.807, 2.05) is 30.5 Å². The van der Waals surface area contributed by atoms with Crippen molar-refractivity contribution in [2.24, 2.45) is 7.05 Å². The summed E-state index contributed by atoms with van der Waals surface area (Å²) in [5.41, 5.74) is 1.19. The summed E-state index contributed by atoms with van der Waals surface area (Å²) >= 11 is 2.89. The predicted octanol–water partition coefficient (Wildman–Crippen LogP) is 3.22. The molecular weight excluding hydrogens is 462 g/mol. The van der Waals surface area contributed by atoms with E-state index in [1.54, 1.807) is 41.6 Å². The number of hydrogen-bond acceptors (Lipinski definition) is 8. The third-order valence-electron chi connectivity index (χ3n) is 4.66. The second-order valence-corrected chi connectivity index (χ2v) is 8.60. The Bertz CT molecular complexity index is 1140. The lowest BCUT2D eigenvalue weighted by atomic mass is 10.2. The van der Waals surface area contributed by atoms with Gasteiger partial charge in [-0.15, -0.1) is 22.0 Å².